The molecule has 0 spiro atoms. The highest BCUT2D eigenvalue weighted by Gasteiger charge is 2.14. The second-order valence-corrected chi connectivity index (χ2v) is 5.35. The molecule has 2 aromatic carbocycles. The monoisotopic (exact) mass is 282 g/mol. The molecule has 0 unspecified atom stereocenters. The normalized spacial score (nSPS) is 12.0. The van der Waals surface area contributed by atoms with E-state index in [0.29, 0.717) is 19.3 Å². The smallest absolute Gasteiger partial charge is 0.161 e. The molecule has 0 fully saturated rings. The lowest BCUT2D eigenvalue weighted by Crippen LogP contribution is -2.20. The molecule has 110 valence electrons. The van der Waals surface area contributed by atoms with Gasteiger partial charge in [0.15, 0.2) is 5.78 Å². The van der Waals surface area contributed by atoms with Crippen LogP contribution in [0.25, 0.3) is 0 Å². The zero-order valence-electron chi connectivity index (χ0n) is 12.2. The Morgan fingerprint density at radius 2 is 1.38 bits per heavy atom. The standard InChI is InChI=1S/C19H22O2/c20-18(13-7-12-16-8-3-1-4-9-16)19(21)15-14-17-10-5-2-6-11-17/h1-6,8-11,18,20H,7,12-15H2/t18-/m0/s1. The quantitative estimate of drug-likeness (QED) is 0.803. The maximum Gasteiger partial charge on any atom is 0.161 e. The van der Waals surface area contributed by atoms with Gasteiger partial charge in [0.05, 0.1) is 0 Å². The minimum Gasteiger partial charge on any atom is -0.385 e. The van der Waals surface area contributed by atoms with Crippen molar-refractivity contribution in [2.75, 3.05) is 0 Å². The molecule has 0 aliphatic rings. The van der Waals surface area contributed by atoms with E-state index in [4.69, 9.17) is 0 Å². The summed E-state index contributed by atoms with van der Waals surface area (Å²) in [5.41, 5.74) is 2.39. The van der Waals surface area contributed by atoms with Crippen molar-refractivity contribution in [2.24, 2.45) is 0 Å². The van der Waals surface area contributed by atoms with Crippen molar-refractivity contribution in [1.82, 2.24) is 0 Å². The first-order chi connectivity index (χ1) is 10.3. The molecule has 21 heavy (non-hydrogen) atoms. The number of ketones is 1. The first kappa shape index (κ1) is 15.5. The van der Waals surface area contributed by atoms with Gasteiger partial charge in [-0.3, -0.25) is 4.79 Å². The Bertz CT molecular complexity index is 534. The molecule has 0 aliphatic carbocycles. The molecule has 0 saturated carbocycles. The van der Waals surface area contributed by atoms with Gasteiger partial charge in [0.25, 0.3) is 0 Å². The molecule has 0 radical (unpaired) electrons. The Labute approximate surface area is 126 Å². The predicted molar refractivity (Wildman–Crippen MR) is 85.2 cm³/mol. The zero-order chi connectivity index (χ0) is 14.9. The van der Waals surface area contributed by atoms with Crippen molar-refractivity contribution in [3.8, 4) is 0 Å². The fourth-order valence-electron chi connectivity index (χ4n) is 2.38. The van der Waals surface area contributed by atoms with Crippen molar-refractivity contribution in [3.05, 3.63) is 71.8 Å². The number of carbonyl (C=O) groups excluding carboxylic acids is 1. The maximum atomic E-state index is 11.9. The number of rotatable bonds is 8. The van der Waals surface area contributed by atoms with Crippen LogP contribution in [0.4, 0.5) is 0 Å². The van der Waals surface area contributed by atoms with Crippen LogP contribution in [0.2, 0.25) is 0 Å². The summed E-state index contributed by atoms with van der Waals surface area (Å²) in [6.07, 6.45) is 2.58. The lowest BCUT2D eigenvalue weighted by atomic mass is 10.00. The molecule has 0 saturated heterocycles. The average Bonchev–Trinajstić information content (AvgIpc) is 2.54. The molecule has 1 atom stereocenters. The minimum absolute atomic E-state index is 0.0492. The number of hydrogen-bond donors (Lipinski definition) is 1. The highest BCUT2D eigenvalue weighted by Crippen LogP contribution is 2.10. The third kappa shape index (κ3) is 5.52. The van der Waals surface area contributed by atoms with Crippen LogP contribution in [0, 0.1) is 0 Å². The summed E-state index contributed by atoms with van der Waals surface area (Å²) in [5.74, 6) is -0.0492. The van der Waals surface area contributed by atoms with Gasteiger partial charge in [-0.05, 0) is 36.8 Å². The van der Waals surface area contributed by atoms with Crippen molar-refractivity contribution in [3.63, 3.8) is 0 Å². The SMILES string of the molecule is O=C(CCc1ccccc1)[C@@H](O)CCCc1ccccc1. The van der Waals surface area contributed by atoms with Crippen LogP contribution in [0.15, 0.2) is 60.7 Å². The highest BCUT2D eigenvalue weighted by molar-refractivity contribution is 5.82. The molecule has 0 bridgehead atoms. The van der Waals surface area contributed by atoms with E-state index in [1.807, 2.05) is 48.5 Å². The summed E-state index contributed by atoms with van der Waals surface area (Å²) < 4.78 is 0. The van der Waals surface area contributed by atoms with Gasteiger partial charge in [0.1, 0.15) is 6.10 Å². The molecule has 0 amide bonds. The lowest BCUT2D eigenvalue weighted by molar-refractivity contribution is -0.127. The van der Waals surface area contributed by atoms with Crippen LogP contribution < -0.4 is 0 Å². The van der Waals surface area contributed by atoms with Gasteiger partial charge in [-0.25, -0.2) is 0 Å². The molecule has 2 heteroatoms. The van der Waals surface area contributed by atoms with Crippen molar-refractivity contribution < 1.29 is 9.90 Å². The van der Waals surface area contributed by atoms with E-state index in [0.717, 1.165) is 18.4 Å². The Balaban J connectivity index is 1.68. The number of aliphatic hydroxyl groups is 1. The Morgan fingerprint density at radius 1 is 0.857 bits per heavy atom. The van der Waals surface area contributed by atoms with E-state index in [1.165, 1.54) is 5.56 Å². The molecule has 0 heterocycles. The average molecular weight is 282 g/mol. The lowest BCUT2D eigenvalue weighted by Gasteiger charge is -2.09. The van der Waals surface area contributed by atoms with Crippen LogP contribution in [-0.2, 0) is 17.6 Å². The summed E-state index contributed by atoms with van der Waals surface area (Å²) in [6.45, 7) is 0. The molecule has 2 nitrogen and oxygen atoms in total. The van der Waals surface area contributed by atoms with Crippen molar-refractivity contribution >= 4 is 5.78 Å². The summed E-state index contributed by atoms with van der Waals surface area (Å²) >= 11 is 0. The molecule has 0 aromatic heterocycles. The predicted octanol–water partition coefficient (Wildman–Crippen LogP) is 3.57. The summed E-state index contributed by atoms with van der Waals surface area (Å²) in [4.78, 5) is 11.9. The Morgan fingerprint density at radius 3 is 1.95 bits per heavy atom. The first-order valence-corrected chi connectivity index (χ1v) is 7.54. The van der Waals surface area contributed by atoms with Crippen LogP contribution in [0.5, 0.6) is 0 Å². The van der Waals surface area contributed by atoms with Crippen LogP contribution in [-0.4, -0.2) is 17.0 Å². The molecule has 2 aromatic rings. The zero-order valence-corrected chi connectivity index (χ0v) is 12.2. The van der Waals surface area contributed by atoms with E-state index in [1.54, 1.807) is 0 Å². The van der Waals surface area contributed by atoms with E-state index >= 15 is 0 Å². The third-order valence-electron chi connectivity index (χ3n) is 3.66. The third-order valence-corrected chi connectivity index (χ3v) is 3.66. The largest absolute Gasteiger partial charge is 0.385 e. The molecule has 0 aliphatic heterocycles. The van der Waals surface area contributed by atoms with Gasteiger partial charge >= 0.3 is 0 Å². The topological polar surface area (TPSA) is 37.3 Å². The fraction of sp³-hybridized carbons (Fsp3) is 0.316. The maximum absolute atomic E-state index is 11.9. The van der Waals surface area contributed by atoms with Crippen molar-refractivity contribution in [1.29, 1.82) is 0 Å². The number of hydrogen-bond acceptors (Lipinski definition) is 2. The van der Waals surface area contributed by atoms with Crippen molar-refractivity contribution in [2.45, 2.75) is 38.2 Å². The molecule has 2 rings (SSSR count). The summed E-state index contributed by atoms with van der Waals surface area (Å²) in [5, 5.41) is 9.92. The second kappa shape index (κ2) is 8.38. The number of carbonyl (C=O) groups is 1. The molecule has 1 N–H and O–H groups in total. The van der Waals surface area contributed by atoms with Crippen LogP contribution in [0.3, 0.4) is 0 Å². The second-order valence-electron chi connectivity index (χ2n) is 5.35. The van der Waals surface area contributed by atoms with Crippen LogP contribution in [0.1, 0.15) is 30.4 Å². The molecular formula is C19H22O2. The number of Topliss-reactive ketones (excluding diaryl/α,β-unsaturated/α-hetero) is 1. The van der Waals surface area contributed by atoms with Gasteiger partial charge in [0, 0.05) is 6.42 Å². The summed E-state index contributed by atoms with van der Waals surface area (Å²) in [7, 11) is 0. The highest BCUT2D eigenvalue weighted by atomic mass is 16.3. The number of aryl methyl sites for hydroxylation is 2. The van der Waals surface area contributed by atoms with Gasteiger partial charge in [-0.2, -0.15) is 0 Å². The Kier molecular flexibility index (Phi) is 6.17. The van der Waals surface area contributed by atoms with Gasteiger partial charge in [0.2, 0.25) is 0 Å². The van der Waals surface area contributed by atoms with E-state index in [2.05, 4.69) is 12.1 Å². The van der Waals surface area contributed by atoms with Gasteiger partial charge < -0.3 is 5.11 Å². The number of benzene rings is 2. The van der Waals surface area contributed by atoms with Gasteiger partial charge in [-0.1, -0.05) is 60.7 Å². The van der Waals surface area contributed by atoms with E-state index < -0.39 is 6.10 Å². The molecular weight excluding hydrogens is 260 g/mol. The number of aliphatic hydroxyl groups excluding tert-OH is 1. The summed E-state index contributed by atoms with van der Waals surface area (Å²) in [6, 6.07) is 20.1. The van der Waals surface area contributed by atoms with E-state index in [9.17, 15) is 9.90 Å². The first-order valence-electron chi connectivity index (χ1n) is 7.54. The Hall–Kier alpha value is -1.93. The minimum atomic E-state index is -0.822. The fourth-order valence-corrected chi connectivity index (χ4v) is 2.38. The van der Waals surface area contributed by atoms with Crippen LogP contribution >= 0.6 is 0 Å². The van der Waals surface area contributed by atoms with Gasteiger partial charge in [-0.15, -0.1) is 0 Å². The van der Waals surface area contributed by atoms with E-state index in [-0.39, 0.29) is 5.78 Å².